The van der Waals surface area contributed by atoms with Gasteiger partial charge in [-0.2, -0.15) is 0 Å². The van der Waals surface area contributed by atoms with Crippen LogP contribution in [-0.4, -0.2) is 11.2 Å². The predicted molar refractivity (Wildman–Crippen MR) is 116 cm³/mol. The largest absolute Gasteiger partial charge is 0.257 e. The molecule has 0 radical (unpaired) electrons. The Labute approximate surface area is 164 Å². The maximum absolute atomic E-state index is 4.69. The molecule has 0 unspecified atom stereocenters. The molecule has 126 valence electrons. The summed E-state index contributed by atoms with van der Waals surface area (Å²) in [5.41, 5.74) is 4.24. The summed E-state index contributed by atoms with van der Waals surface area (Å²) < 4.78 is 2.29. The molecular weight excluding hydrogens is 404 g/mol. The molecule has 0 saturated heterocycles. The van der Waals surface area contributed by atoms with Crippen molar-refractivity contribution in [2.24, 2.45) is 4.99 Å². The molecule has 0 atom stereocenters. The summed E-state index contributed by atoms with van der Waals surface area (Å²) in [7, 11) is 0. The third kappa shape index (κ3) is 3.98. The number of halogens is 1. The van der Waals surface area contributed by atoms with E-state index in [1.165, 1.54) is 4.70 Å². The van der Waals surface area contributed by atoms with Gasteiger partial charge in [0.2, 0.25) is 0 Å². The van der Waals surface area contributed by atoms with Crippen LogP contribution in [0.2, 0.25) is 0 Å². The van der Waals surface area contributed by atoms with E-state index in [-0.39, 0.29) is 0 Å². The van der Waals surface area contributed by atoms with Crippen molar-refractivity contribution in [2.75, 3.05) is 0 Å². The van der Waals surface area contributed by atoms with E-state index in [4.69, 9.17) is 4.98 Å². The summed E-state index contributed by atoms with van der Waals surface area (Å²) in [4.78, 5) is 9.17. The summed E-state index contributed by atoms with van der Waals surface area (Å²) in [5.74, 6) is 0. The van der Waals surface area contributed by atoms with Gasteiger partial charge in [-0.05, 0) is 60.2 Å². The van der Waals surface area contributed by atoms with Gasteiger partial charge in [-0.15, -0.1) is 11.3 Å². The number of hydrogen-bond acceptors (Lipinski definition) is 3. The number of para-hydroxylation sites is 1. The fourth-order valence-electron chi connectivity index (χ4n) is 2.54. The maximum atomic E-state index is 4.69. The number of allylic oxidation sites excluding steroid dienone is 1. The Kier molecular flexibility index (Phi) is 5.04. The molecule has 0 bridgehead atoms. The molecular formula is C22H15BrN2S. The summed E-state index contributed by atoms with van der Waals surface area (Å²) >= 11 is 5.15. The second-order valence-corrected chi connectivity index (χ2v) is 7.67. The van der Waals surface area contributed by atoms with E-state index in [1.807, 2.05) is 60.8 Å². The van der Waals surface area contributed by atoms with Gasteiger partial charge in [0.25, 0.3) is 0 Å². The first-order chi connectivity index (χ1) is 12.8. The highest BCUT2D eigenvalue weighted by Gasteiger charge is 2.05. The van der Waals surface area contributed by atoms with Crippen molar-refractivity contribution in [1.82, 2.24) is 4.98 Å². The molecule has 0 N–H and O–H groups in total. The van der Waals surface area contributed by atoms with E-state index < -0.39 is 0 Å². The molecule has 0 amide bonds. The van der Waals surface area contributed by atoms with Crippen LogP contribution in [0.5, 0.6) is 0 Å². The first-order valence-corrected chi connectivity index (χ1v) is 9.81. The van der Waals surface area contributed by atoms with Crippen molar-refractivity contribution in [3.05, 3.63) is 88.9 Å². The fourth-order valence-corrected chi connectivity index (χ4v) is 3.78. The summed E-state index contributed by atoms with van der Waals surface area (Å²) in [6, 6.07) is 24.6. The van der Waals surface area contributed by atoms with Gasteiger partial charge in [0.15, 0.2) is 0 Å². The normalized spacial score (nSPS) is 11.7. The van der Waals surface area contributed by atoms with Crippen LogP contribution in [0.3, 0.4) is 0 Å². The van der Waals surface area contributed by atoms with Crippen LogP contribution in [0.15, 0.2) is 88.3 Å². The van der Waals surface area contributed by atoms with Crippen molar-refractivity contribution in [2.45, 2.75) is 0 Å². The topological polar surface area (TPSA) is 25.2 Å². The van der Waals surface area contributed by atoms with Crippen LogP contribution in [0.25, 0.3) is 26.9 Å². The van der Waals surface area contributed by atoms with Crippen molar-refractivity contribution >= 4 is 55.5 Å². The second-order valence-electron chi connectivity index (χ2n) is 5.72. The van der Waals surface area contributed by atoms with Gasteiger partial charge in [0.05, 0.1) is 15.9 Å². The van der Waals surface area contributed by atoms with Gasteiger partial charge in [-0.25, -0.2) is 4.98 Å². The van der Waals surface area contributed by atoms with Gasteiger partial charge < -0.3 is 0 Å². The Morgan fingerprint density at radius 3 is 2.42 bits per heavy atom. The highest BCUT2D eigenvalue weighted by Crippen LogP contribution is 2.30. The molecule has 4 heteroatoms. The van der Waals surface area contributed by atoms with Gasteiger partial charge >= 0.3 is 0 Å². The lowest BCUT2D eigenvalue weighted by atomic mass is 10.2. The van der Waals surface area contributed by atoms with Gasteiger partial charge in [0, 0.05) is 16.3 Å². The number of fused-ring (bicyclic) bond motifs is 1. The maximum Gasteiger partial charge on any atom is 0.124 e. The average molecular weight is 419 g/mol. The SMILES string of the molecule is Brc1ccc(/C=C/C=Nc2ccc(-c3nc4ccccc4s3)cc2)cc1. The Bertz CT molecular complexity index is 1040. The zero-order valence-electron chi connectivity index (χ0n) is 13.8. The number of thiazole rings is 1. The number of nitrogens with zero attached hydrogens (tertiary/aromatic N) is 2. The highest BCUT2D eigenvalue weighted by atomic mass is 79.9. The molecule has 0 fully saturated rings. The minimum absolute atomic E-state index is 0.926. The van der Waals surface area contributed by atoms with Crippen LogP contribution in [0, 0.1) is 0 Å². The van der Waals surface area contributed by atoms with E-state index >= 15 is 0 Å². The molecule has 0 aliphatic rings. The lowest BCUT2D eigenvalue weighted by Crippen LogP contribution is -1.75. The Morgan fingerprint density at radius 1 is 0.885 bits per heavy atom. The zero-order chi connectivity index (χ0) is 17.8. The van der Waals surface area contributed by atoms with Gasteiger partial charge in [-0.1, -0.05) is 46.3 Å². The summed E-state index contributed by atoms with van der Waals surface area (Å²) in [6.07, 6.45) is 5.80. The van der Waals surface area contributed by atoms with Crippen molar-refractivity contribution < 1.29 is 0 Å². The van der Waals surface area contributed by atoms with Crippen LogP contribution in [0.1, 0.15) is 5.56 Å². The summed E-state index contributed by atoms with van der Waals surface area (Å²) in [5, 5.41) is 1.04. The Morgan fingerprint density at radius 2 is 1.65 bits per heavy atom. The van der Waals surface area contributed by atoms with Crippen LogP contribution < -0.4 is 0 Å². The zero-order valence-corrected chi connectivity index (χ0v) is 16.2. The number of rotatable bonds is 4. The van der Waals surface area contributed by atoms with E-state index in [2.05, 4.69) is 51.3 Å². The van der Waals surface area contributed by atoms with Crippen LogP contribution in [-0.2, 0) is 0 Å². The summed E-state index contributed by atoms with van der Waals surface area (Å²) in [6.45, 7) is 0. The third-order valence-electron chi connectivity index (χ3n) is 3.88. The third-order valence-corrected chi connectivity index (χ3v) is 5.49. The minimum Gasteiger partial charge on any atom is -0.257 e. The Balaban J connectivity index is 1.46. The van der Waals surface area contributed by atoms with Crippen molar-refractivity contribution in [1.29, 1.82) is 0 Å². The van der Waals surface area contributed by atoms with E-state index in [0.29, 0.717) is 0 Å². The Hall–Kier alpha value is -2.56. The molecule has 0 saturated carbocycles. The van der Waals surface area contributed by atoms with E-state index in [1.54, 1.807) is 11.3 Å². The molecule has 3 aromatic carbocycles. The highest BCUT2D eigenvalue weighted by molar-refractivity contribution is 9.10. The molecule has 0 spiro atoms. The van der Waals surface area contributed by atoms with Crippen LogP contribution in [0.4, 0.5) is 5.69 Å². The van der Waals surface area contributed by atoms with Crippen molar-refractivity contribution in [3.63, 3.8) is 0 Å². The first-order valence-electron chi connectivity index (χ1n) is 8.20. The molecule has 26 heavy (non-hydrogen) atoms. The van der Waals surface area contributed by atoms with Crippen molar-refractivity contribution in [3.8, 4) is 10.6 Å². The molecule has 4 aromatic rings. The van der Waals surface area contributed by atoms with Gasteiger partial charge in [0.1, 0.15) is 5.01 Å². The number of aliphatic imine (C=N–C) groups is 1. The fraction of sp³-hybridized carbons (Fsp3) is 0. The number of aromatic nitrogens is 1. The molecule has 1 heterocycles. The minimum atomic E-state index is 0.926. The van der Waals surface area contributed by atoms with E-state index in [9.17, 15) is 0 Å². The quantitative estimate of drug-likeness (QED) is 0.323. The smallest absolute Gasteiger partial charge is 0.124 e. The molecule has 4 rings (SSSR count). The molecule has 0 aliphatic heterocycles. The average Bonchev–Trinajstić information content (AvgIpc) is 3.11. The van der Waals surface area contributed by atoms with Crippen LogP contribution >= 0.6 is 27.3 Å². The first kappa shape index (κ1) is 16.9. The lowest BCUT2D eigenvalue weighted by Gasteiger charge is -1.97. The number of benzene rings is 3. The lowest BCUT2D eigenvalue weighted by molar-refractivity contribution is 1.46. The van der Waals surface area contributed by atoms with Gasteiger partial charge in [-0.3, -0.25) is 4.99 Å². The molecule has 2 nitrogen and oxygen atoms in total. The monoisotopic (exact) mass is 418 g/mol. The van der Waals surface area contributed by atoms with E-state index in [0.717, 1.165) is 31.8 Å². The molecule has 1 aromatic heterocycles. The predicted octanol–water partition coefficient (Wildman–Crippen LogP) is 7.14. The number of hydrogen-bond donors (Lipinski definition) is 0. The second kappa shape index (κ2) is 7.77. The standard InChI is InChI=1S/C22H15BrN2S/c23-18-11-7-16(8-12-18)4-3-15-24-19-13-9-17(10-14-19)22-25-20-5-1-2-6-21(20)26-22/h1-15H/b4-3+,24-15?. The molecule has 0 aliphatic carbocycles.